The summed E-state index contributed by atoms with van der Waals surface area (Å²) in [5.41, 5.74) is 9.89. The first kappa shape index (κ1) is 11.0. The number of amidine groups is 1. The fourth-order valence-corrected chi connectivity index (χ4v) is 1.49. The molecule has 0 saturated carbocycles. The lowest BCUT2D eigenvalue weighted by Crippen LogP contribution is -2.34. The summed E-state index contributed by atoms with van der Waals surface area (Å²) in [6.07, 6.45) is 2.66. The first-order chi connectivity index (χ1) is 6.69. The molecule has 5 N–H and O–H groups in total. The van der Waals surface area contributed by atoms with Crippen LogP contribution in [0.5, 0.6) is 0 Å². The van der Waals surface area contributed by atoms with Crippen LogP contribution in [0.4, 0.5) is 0 Å². The van der Waals surface area contributed by atoms with Crippen molar-refractivity contribution in [2.45, 2.75) is 39.2 Å². The molecule has 2 atom stereocenters. The molecule has 80 valence electrons. The molecule has 1 rings (SSSR count). The van der Waals surface area contributed by atoms with Crippen molar-refractivity contribution in [1.29, 1.82) is 0 Å². The van der Waals surface area contributed by atoms with E-state index in [0.717, 1.165) is 25.0 Å². The average Bonchev–Trinajstić information content (AvgIpc) is 2.39. The van der Waals surface area contributed by atoms with E-state index < -0.39 is 0 Å². The third-order valence-corrected chi connectivity index (χ3v) is 2.66. The van der Waals surface area contributed by atoms with Crippen LogP contribution in [0.1, 0.15) is 33.1 Å². The van der Waals surface area contributed by atoms with Crippen LogP contribution in [0.3, 0.4) is 0 Å². The van der Waals surface area contributed by atoms with Crippen LogP contribution >= 0.6 is 0 Å². The van der Waals surface area contributed by atoms with Gasteiger partial charge in [-0.05, 0) is 18.8 Å². The average molecular weight is 197 g/mol. The zero-order valence-corrected chi connectivity index (χ0v) is 8.83. The first-order valence-corrected chi connectivity index (χ1v) is 5.04. The molecule has 2 unspecified atom stereocenters. The molecule has 14 heavy (non-hydrogen) atoms. The van der Waals surface area contributed by atoms with Gasteiger partial charge in [-0.15, -0.1) is 0 Å². The third kappa shape index (κ3) is 2.45. The lowest BCUT2D eigenvalue weighted by molar-refractivity contribution is 0.674. The third-order valence-electron chi connectivity index (χ3n) is 2.66. The van der Waals surface area contributed by atoms with Crippen molar-refractivity contribution in [3.05, 3.63) is 0 Å². The summed E-state index contributed by atoms with van der Waals surface area (Å²) in [6, 6.07) is 0.0247. The Kier molecular flexibility index (Phi) is 3.88. The van der Waals surface area contributed by atoms with Crippen LogP contribution in [0.25, 0.3) is 0 Å². The SMILES string of the molecule is CCC(C)C1=NN/C(=N\N)CCC1N. The van der Waals surface area contributed by atoms with Crippen molar-refractivity contribution in [3.8, 4) is 0 Å². The highest BCUT2D eigenvalue weighted by Crippen LogP contribution is 2.12. The fraction of sp³-hybridized carbons (Fsp3) is 0.778. The normalized spacial score (nSPS) is 27.8. The number of hydrazone groups is 2. The highest BCUT2D eigenvalue weighted by atomic mass is 15.4. The summed E-state index contributed by atoms with van der Waals surface area (Å²) >= 11 is 0. The summed E-state index contributed by atoms with van der Waals surface area (Å²) < 4.78 is 0. The van der Waals surface area contributed by atoms with E-state index in [9.17, 15) is 0 Å². The van der Waals surface area contributed by atoms with Gasteiger partial charge >= 0.3 is 0 Å². The smallest absolute Gasteiger partial charge is 0.142 e. The van der Waals surface area contributed by atoms with Crippen molar-refractivity contribution in [2.75, 3.05) is 0 Å². The van der Waals surface area contributed by atoms with Crippen molar-refractivity contribution >= 4 is 11.5 Å². The molecule has 0 saturated heterocycles. The number of nitrogens with two attached hydrogens (primary N) is 2. The molecule has 0 aromatic heterocycles. The molecule has 0 amide bonds. The summed E-state index contributed by atoms with van der Waals surface area (Å²) in [5.74, 6) is 6.31. The summed E-state index contributed by atoms with van der Waals surface area (Å²) in [6.45, 7) is 4.26. The van der Waals surface area contributed by atoms with Crippen LogP contribution in [0.15, 0.2) is 10.2 Å². The van der Waals surface area contributed by atoms with Crippen molar-refractivity contribution in [2.24, 2.45) is 27.7 Å². The van der Waals surface area contributed by atoms with Gasteiger partial charge in [0.1, 0.15) is 5.84 Å². The van der Waals surface area contributed by atoms with E-state index >= 15 is 0 Å². The van der Waals surface area contributed by atoms with Gasteiger partial charge < -0.3 is 11.6 Å². The van der Waals surface area contributed by atoms with Gasteiger partial charge in [-0.2, -0.15) is 10.2 Å². The molecule has 5 heteroatoms. The molecule has 0 fully saturated rings. The van der Waals surface area contributed by atoms with Crippen molar-refractivity contribution < 1.29 is 0 Å². The molecular weight excluding hydrogens is 178 g/mol. The van der Waals surface area contributed by atoms with Gasteiger partial charge in [0.2, 0.25) is 0 Å². The zero-order valence-electron chi connectivity index (χ0n) is 8.83. The van der Waals surface area contributed by atoms with Gasteiger partial charge in [-0.3, -0.25) is 5.43 Å². The molecule has 1 aliphatic rings. The standard InChI is InChI=1S/C9H19N5/c1-3-6(2)9-7(10)4-5-8(12-11)13-14-9/h6-7H,3-5,10-11H2,1-2H3,(H,12,13). The van der Waals surface area contributed by atoms with E-state index in [1.165, 1.54) is 0 Å². The lowest BCUT2D eigenvalue weighted by Gasteiger charge is -2.16. The Morgan fingerprint density at radius 2 is 2.43 bits per heavy atom. The van der Waals surface area contributed by atoms with Gasteiger partial charge in [0.15, 0.2) is 0 Å². The van der Waals surface area contributed by atoms with Gasteiger partial charge in [0.05, 0.1) is 5.71 Å². The van der Waals surface area contributed by atoms with E-state index in [1.807, 2.05) is 0 Å². The predicted octanol–water partition coefficient (Wildman–Crippen LogP) is 0.371. The maximum atomic E-state index is 6.01. The number of rotatable bonds is 2. The van der Waals surface area contributed by atoms with Crippen LogP contribution < -0.4 is 17.0 Å². The Labute approximate surface area is 84.6 Å². The molecule has 0 aliphatic carbocycles. The quantitative estimate of drug-likeness (QED) is 0.441. The van der Waals surface area contributed by atoms with Gasteiger partial charge in [0, 0.05) is 12.5 Å². The molecule has 0 bridgehead atoms. The molecule has 0 radical (unpaired) electrons. The van der Waals surface area contributed by atoms with Crippen LogP contribution in [-0.2, 0) is 0 Å². The Hall–Kier alpha value is -1.10. The molecule has 1 aliphatic heterocycles. The lowest BCUT2D eigenvalue weighted by atomic mass is 9.94. The molecule has 0 spiro atoms. The first-order valence-electron chi connectivity index (χ1n) is 5.04. The Morgan fingerprint density at radius 3 is 3.00 bits per heavy atom. The van der Waals surface area contributed by atoms with Crippen molar-refractivity contribution in [3.63, 3.8) is 0 Å². The Morgan fingerprint density at radius 1 is 1.71 bits per heavy atom. The minimum absolute atomic E-state index is 0.0247. The van der Waals surface area contributed by atoms with E-state index in [4.69, 9.17) is 11.6 Å². The topological polar surface area (TPSA) is 88.8 Å². The second-order valence-electron chi connectivity index (χ2n) is 3.68. The Bertz CT molecular complexity index is 246. The van der Waals surface area contributed by atoms with Gasteiger partial charge in [-0.1, -0.05) is 13.8 Å². The summed E-state index contributed by atoms with van der Waals surface area (Å²) in [5, 5.41) is 7.86. The maximum absolute atomic E-state index is 6.01. The maximum Gasteiger partial charge on any atom is 0.142 e. The second kappa shape index (κ2) is 4.95. The molecule has 1 heterocycles. The summed E-state index contributed by atoms with van der Waals surface area (Å²) in [7, 11) is 0. The predicted molar refractivity (Wildman–Crippen MR) is 58.9 cm³/mol. The van der Waals surface area contributed by atoms with Crippen LogP contribution in [0.2, 0.25) is 0 Å². The minimum atomic E-state index is 0.0247. The van der Waals surface area contributed by atoms with Crippen molar-refractivity contribution in [1.82, 2.24) is 5.43 Å². The van der Waals surface area contributed by atoms with Crippen LogP contribution in [-0.4, -0.2) is 17.6 Å². The number of hydrogen-bond acceptors (Lipinski definition) is 4. The van der Waals surface area contributed by atoms with Gasteiger partial charge in [-0.25, -0.2) is 0 Å². The van der Waals surface area contributed by atoms with E-state index in [2.05, 4.69) is 29.5 Å². The molecule has 5 nitrogen and oxygen atoms in total. The van der Waals surface area contributed by atoms with Gasteiger partial charge in [0.25, 0.3) is 0 Å². The second-order valence-corrected chi connectivity index (χ2v) is 3.68. The Balaban J connectivity index is 2.76. The number of nitrogens with one attached hydrogen (secondary N) is 1. The van der Waals surface area contributed by atoms with E-state index in [1.54, 1.807) is 0 Å². The zero-order chi connectivity index (χ0) is 10.6. The highest BCUT2D eigenvalue weighted by Gasteiger charge is 2.20. The number of hydrogen-bond donors (Lipinski definition) is 3. The largest absolute Gasteiger partial charge is 0.323 e. The monoisotopic (exact) mass is 197 g/mol. The fourth-order valence-electron chi connectivity index (χ4n) is 1.49. The minimum Gasteiger partial charge on any atom is -0.323 e. The summed E-state index contributed by atoms with van der Waals surface area (Å²) in [4.78, 5) is 0. The number of nitrogens with zero attached hydrogens (tertiary/aromatic N) is 2. The molecule has 0 aromatic carbocycles. The highest BCUT2D eigenvalue weighted by molar-refractivity contribution is 5.94. The molecule has 0 aromatic rings. The van der Waals surface area contributed by atoms with E-state index in [0.29, 0.717) is 11.8 Å². The molecular formula is C9H19N5. The van der Waals surface area contributed by atoms with Crippen LogP contribution in [0, 0.1) is 5.92 Å². The van der Waals surface area contributed by atoms with E-state index in [-0.39, 0.29) is 6.04 Å².